The average molecular weight is 427 g/mol. The van der Waals surface area contributed by atoms with E-state index in [1.54, 1.807) is 24.1 Å². The summed E-state index contributed by atoms with van der Waals surface area (Å²) in [5.74, 6) is 2.17. The van der Waals surface area contributed by atoms with Crippen molar-refractivity contribution in [2.24, 2.45) is 0 Å². The zero-order valence-corrected chi connectivity index (χ0v) is 17.5. The SMILES string of the molecule is COc1ccccc1C(=O)N1CC(Oc2cccc(-c3nc(-c4ccccc4)no3)c2)C1. The van der Waals surface area contributed by atoms with Crippen LogP contribution < -0.4 is 9.47 Å². The second-order valence-electron chi connectivity index (χ2n) is 7.47. The largest absolute Gasteiger partial charge is 0.496 e. The van der Waals surface area contributed by atoms with E-state index in [-0.39, 0.29) is 12.0 Å². The van der Waals surface area contributed by atoms with Gasteiger partial charge in [-0.2, -0.15) is 4.98 Å². The number of ether oxygens (including phenoxy) is 2. The first-order chi connectivity index (χ1) is 15.7. The first-order valence-corrected chi connectivity index (χ1v) is 10.3. The highest BCUT2D eigenvalue weighted by molar-refractivity contribution is 5.97. The van der Waals surface area contributed by atoms with Crippen molar-refractivity contribution in [1.29, 1.82) is 0 Å². The topological polar surface area (TPSA) is 77.7 Å². The lowest BCUT2D eigenvalue weighted by atomic mass is 10.1. The number of hydrogen-bond donors (Lipinski definition) is 0. The predicted octanol–water partition coefficient (Wildman–Crippen LogP) is 4.32. The van der Waals surface area contributed by atoms with Gasteiger partial charge in [0.1, 0.15) is 17.6 Å². The average Bonchev–Trinajstić information content (AvgIpc) is 3.32. The van der Waals surface area contributed by atoms with Gasteiger partial charge in [0.2, 0.25) is 5.82 Å². The molecule has 1 saturated heterocycles. The molecule has 2 heterocycles. The molecular formula is C25H21N3O4. The van der Waals surface area contributed by atoms with Gasteiger partial charge in [0, 0.05) is 11.1 Å². The molecule has 0 bridgehead atoms. The van der Waals surface area contributed by atoms with Gasteiger partial charge in [-0.05, 0) is 30.3 Å². The molecule has 7 heteroatoms. The van der Waals surface area contributed by atoms with E-state index < -0.39 is 0 Å². The zero-order chi connectivity index (χ0) is 21.9. The predicted molar refractivity (Wildman–Crippen MR) is 118 cm³/mol. The summed E-state index contributed by atoms with van der Waals surface area (Å²) < 4.78 is 16.8. The number of nitrogens with zero attached hydrogens (tertiary/aromatic N) is 3. The summed E-state index contributed by atoms with van der Waals surface area (Å²) in [6, 6.07) is 24.4. The molecule has 160 valence electrons. The number of hydrogen-bond acceptors (Lipinski definition) is 6. The van der Waals surface area contributed by atoms with Gasteiger partial charge in [0.15, 0.2) is 0 Å². The van der Waals surface area contributed by atoms with Gasteiger partial charge in [-0.25, -0.2) is 0 Å². The summed E-state index contributed by atoms with van der Waals surface area (Å²) in [4.78, 5) is 19.0. The highest BCUT2D eigenvalue weighted by atomic mass is 16.5. The minimum absolute atomic E-state index is 0.0599. The van der Waals surface area contributed by atoms with E-state index in [1.165, 1.54) is 0 Å². The minimum Gasteiger partial charge on any atom is -0.496 e. The third kappa shape index (κ3) is 3.92. The van der Waals surface area contributed by atoms with E-state index in [4.69, 9.17) is 14.0 Å². The maximum atomic E-state index is 12.7. The van der Waals surface area contributed by atoms with Crippen molar-refractivity contribution in [2.75, 3.05) is 20.2 Å². The summed E-state index contributed by atoms with van der Waals surface area (Å²) in [7, 11) is 1.56. The normalized spacial score (nSPS) is 13.5. The smallest absolute Gasteiger partial charge is 0.258 e. The number of amides is 1. The Morgan fingerprint density at radius 3 is 2.53 bits per heavy atom. The van der Waals surface area contributed by atoms with Gasteiger partial charge in [-0.15, -0.1) is 0 Å². The summed E-state index contributed by atoms with van der Waals surface area (Å²) in [6.07, 6.45) is -0.0773. The molecule has 4 aromatic rings. The monoisotopic (exact) mass is 427 g/mol. The fourth-order valence-electron chi connectivity index (χ4n) is 3.61. The molecule has 0 unspecified atom stereocenters. The molecule has 1 amide bonds. The fourth-order valence-corrected chi connectivity index (χ4v) is 3.61. The Bertz CT molecular complexity index is 1230. The molecule has 0 aliphatic carbocycles. The number of methoxy groups -OCH3 is 1. The third-order valence-electron chi connectivity index (χ3n) is 5.31. The van der Waals surface area contributed by atoms with Gasteiger partial charge in [0.05, 0.1) is 25.8 Å². The Morgan fingerprint density at radius 2 is 1.72 bits per heavy atom. The Labute approximate surface area is 185 Å². The van der Waals surface area contributed by atoms with Crippen molar-refractivity contribution in [3.63, 3.8) is 0 Å². The summed E-state index contributed by atoms with van der Waals surface area (Å²) in [5, 5.41) is 4.07. The number of para-hydroxylation sites is 1. The van der Waals surface area contributed by atoms with Gasteiger partial charge < -0.3 is 18.9 Å². The number of likely N-dealkylation sites (tertiary alicyclic amines) is 1. The van der Waals surface area contributed by atoms with Crippen LogP contribution in [0.3, 0.4) is 0 Å². The van der Waals surface area contributed by atoms with Crippen molar-refractivity contribution in [1.82, 2.24) is 15.0 Å². The molecule has 1 aromatic heterocycles. The first kappa shape index (κ1) is 19.8. The number of aromatic nitrogens is 2. The Hall–Kier alpha value is -4.13. The van der Waals surface area contributed by atoms with Crippen LogP contribution in [-0.4, -0.2) is 47.3 Å². The summed E-state index contributed by atoms with van der Waals surface area (Å²) in [5.41, 5.74) is 2.23. The van der Waals surface area contributed by atoms with Crippen molar-refractivity contribution in [3.8, 4) is 34.3 Å². The number of carbonyl (C=O) groups is 1. The van der Waals surface area contributed by atoms with Gasteiger partial charge in [-0.3, -0.25) is 4.79 Å². The van der Waals surface area contributed by atoms with Crippen molar-refractivity contribution >= 4 is 5.91 Å². The molecule has 1 fully saturated rings. The second kappa shape index (κ2) is 8.55. The zero-order valence-electron chi connectivity index (χ0n) is 17.5. The molecule has 0 spiro atoms. The van der Waals surface area contributed by atoms with E-state index >= 15 is 0 Å². The maximum absolute atomic E-state index is 12.7. The third-order valence-corrected chi connectivity index (χ3v) is 5.31. The molecule has 1 aliphatic rings. The van der Waals surface area contributed by atoms with Crippen molar-refractivity contribution < 1.29 is 18.8 Å². The molecule has 3 aromatic carbocycles. The van der Waals surface area contributed by atoms with Crippen LogP contribution >= 0.6 is 0 Å². The molecule has 7 nitrogen and oxygen atoms in total. The van der Waals surface area contributed by atoms with E-state index in [0.29, 0.717) is 41.9 Å². The van der Waals surface area contributed by atoms with Crippen LogP contribution in [0.25, 0.3) is 22.8 Å². The molecule has 1 aliphatic heterocycles. The fraction of sp³-hybridized carbons (Fsp3) is 0.160. The minimum atomic E-state index is -0.0773. The highest BCUT2D eigenvalue weighted by Crippen LogP contribution is 2.28. The van der Waals surface area contributed by atoms with Crippen molar-refractivity contribution in [2.45, 2.75) is 6.10 Å². The standard InChI is InChI=1S/C25H21N3O4/c1-30-22-13-6-5-12-21(22)25(29)28-15-20(16-28)31-19-11-7-10-18(14-19)24-26-23(27-32-24)17-8-3-2-4-9-17/h2-14,20H,15-16H2,1H3. The van der Waals surface area contributed by atoms with E-state index in [0.717, 1.165) is 11.1 Å². The van der Waals surface area contributed by atoms with Crippen LogP contribution in [0, 0.1) is 0 Å². The lowest BCUT2D eigenvalue weighted by Crippen LogP contribution is -2.56. The van der Waals surface area contributed by atoms with Crippen LogP contribution in [0.1, 0.15) is 10.4 Å². The van der Waals surface area contributed by atoms with Gasteiger partial charge in [-0.1, -0.05) is 53.7 Å². The molecule has 32 heavy (non-hydrogen) atoms. The van der Waals surface area contributed by atoms with Crippen LogP contribution in [0.2, 0.25) is 0 Å². The molecule has 5 rings (SSSR count). The quantitative estimate of drug-likeness (QED) is 0.456. The Morgan fingerprint density at radius 1 is 0.969 bits per heavy atom. The summed E-state index contributed by atoms with van der Waals surface area (Å²) >= 11 is 0. The number of carbonyl (C=O) groups excluding carboxylic acids is 1. The van der Waals surface area contributed by atoms with E-state index in [1.807, 2.05) is 66.7 Å². The van der Waals surface area contributed by atoms with E-state index in [9.17, 15) is 4.79 Å². The maximum Gasteiger partial charge on any atom is 0.258 e. The van der Waals surface area contributed by atoms with E-state index in [2.05, 4.69) is 10.1 Å². The lowest BCUT2D eigenvalue weighted by molar-refractivity contribution is 0.0176. The molecule has 0 N–H and O–H groups in total. The molecule has 0 atom stereocenters. The molecular weight excluding hydrogens is 406 g/mol. The Balaban J connectivity index is 1.23. The molecule has 0 radical (unpaired) electrons. The van der Waals surface area contributed by atoms with Crippen molar-refractivity contribution in [3.05, 3.63) is 84.4 Å². The van der Waals surface area contributed by atoms with Crippen LogP contribution in [0.5, 0.6) is 11.5 Å². The highest BCUT2D eigenvalue weighted by Gasteiger charge is 2.34. The van der Waals surface area contributed by atoms with Crippen LogP contribution in [-0.2, 0) is 0 Å². The Kier molecular flexibility index (Phi) is 5.29. The number of rotatable bonds is 6. The molecule has 0 saturated carbocycles. The van der Waals surface area contributed by atoms with Gasteiger partial charge in [0.25, 0.3) is 11.8 Å². The number of benzene rings is 3. The first-order valence-electron chi connectivity index (χ1n) is 10.3. The summed E-state index contributed by atoms with van der Waals surface area (Å²) in [6.45, 7) is 1.03. The lowest BCUT2D eigenvalue weighted by Gasteiger charge is -2.39. The van der Waals surface area contributed by atoms with Gasteiger partial charge >= 0.3 is 0 Å². The van der Waals surface area contributed by atoms with Crippen LogP contribution in [0.15, 0.2) is 83.4 Å². The second-order valence-corrected chi connectivity index (χ2v) is 7.47. The van der Waals surface area contributed by atoms with Crippen LogP contribution in [0.4, 0.5) is 0 Å².